The minimum absolute atomic E-state index is 0.00604. The second kappa shape index (κ2) is 6.60. The topological polar surface area (TPSA) is 38.3 Å². The summed E-state index contributed by atoms with van der Waals surface area (Å²) in [5.41, 5.74) is 3.32. The van der Waals surface area contributed by atoms with Gasteiger partial charge in [0.2, 0.25) is 5.91 Å². The number of aryl methyl sites for hydroxylation is 2. The van der Waals surface area contributed by atoms with Crippen molar-refractivity contribution in [3.05, 3.63) is 34.9 Å². The van der Waals surface area contributed by atoms with Crippen LogP contribution in [0.4, 0.5) is 0 Å². The van der Waals surface area contributed by atoms with E-state index in [1.54, 1.807) is 13.2 Å². The van der Waals surface area contributed by atoms with Gasteiger partial charge in [-0.05, 0) is 61.6 Å². The van der Waals surface area contributed by atoms with Gasteiger partial charge >= 0.3 is 0 Å². The molecule has 0 bridgehead atoms. The van der Waals surface area contributed by atoms with E-state index in [4.69, 9.17) is 4.74 Å². The van der Waals surface area contributed by atoms with Crippen molar-refractivity contribution in [1.82, 2.24) is 5.32 Å². The molecule has 108 valence electrons. The van der Waals surface area contributed by atoms with E-state index < -0.39 is 0 Å². The van der Waals surface area contributed by atoms with Crippen molar-refractivity contribution in [1.29, 1.82) is 0 Å². The van der Waals surface area contributed by atoms with Gasteiger partial charge in [0.05, 0.1) is 7.11 Å². The Morgan fingerprint density at radius 3 is 2.40 bits per heavy atom. The quantitative estimate of drug-likeness (QED) is 0.854. The summed E-state index contributed by atoms with van der Waals surface area (Å²) in [6.45, 7) is 4.06. The molecular formula is C17H23NO2. The Morgan fingerprint density at radius 2 is 1.85 bits per heavy atom. The zero-order valence-electron chi connectivity index (χ0n) is 12.5. The van der Waals surface area contributed by atoms with Crippen LogP contribution in [0.15, 0.2) is 18.2 Å². The fraction of sp³-hybridized carbons (Fsp3) is 0.471. The molecule has 20 heavy (non-hydrogen) atoms. The predicted molar refractivity (Wildman–Crippen MR) is 81.9 cm³/mol. The standard InChI is InChI=1S/C17H23NO2/c1-12-10-15(20-3)11-13(2)16(12)8-9-17(19)18-14-6-4-5-7-14/h8-11,14H,4-7H2,1-3H3,(H,18,19)/b9-8+. The van der Waals surface area contributed by atoms with Crippen LogP contribution in [0.25, 0.3) is 6.08 Å². The summed E-state index contributed by atoms with van der Waals surface area (Å²) < 4.78 is 5.24. The first-order valence-electron chi connectivity index (χ1n) is 7.24. The van der Waals surface area contributed by atoms with Gasteiger partial charge in [0.25, 0.3) is 0 Å². The molecule has 1 saturated carbocycles. The first kappa shape index (κ1) is 14.6. The normalized spacial score (nSPS) is 15.8. The SMILES string of the molecule is COc1cc(C)c(/C=C/C(=O)NC2CCCC2)c(C)c1. The number of carbonyl (C=O) groups excluding carboxylic acids is 1. The maximum atomic E-state index is 11.9. The lowest BCUT2D eigenvalue weighted by molar-refractivity contribution is -0.117. The summed E-state index contributed by atoms with van der Waals surface area (Å²) in [7, 11) is 1.67. The van der Waals surface area contributed by atoms with Crippen LogP contribution in [-0.4, -0.2) is 19.1 Å². The fourth-order valence-corrected chi connectivity index (χ4v) is 2.79. The number of amides is 1. The third-order valence-corrected chi connectivity index (χ3v) is 3.91. The van der Waals surface area contributed by atoms with Crippen LogP contribution < -0.4 is 10.1 Å². The Hall–Kier alpha value is -1.77. The molecule has 0 unspecified atom stereocenters. The minimum Gasteiger partial charge on any atom is -0.497 e. The van der Waals surface area contributed by atoms with E-state index >= 15 is 0 Å². The molecule has 3 nitrogen and oxygen atoms in total. The van der Waals surface area contributed by atoms with E-state index in [2.05, 4.69) is 5.32 Å². The molecule has 1 aromatic carbocycles. The molecule has 0 spiro atoms. The number of methoxy groups -OCH3 is 1. The Morgan fingerprint density at radius 1 is 1.25 bits per heavy atom. The van der Waals surface area contributed by atoms with E-state index in [0.29, 0.717) is 6.04 Å². The zero-order chi connectivity index (χ0) is 14.5. The first-order chi connectivity index (χ1) is 9.60. The summed E-state index contributed by atoms with van der Waals surface area (Å²) in [6.07, 6.45) is 8.21. The van der Waals surface area contributed by atoms with Gasteiger partial charge in [0, 0.05) is 12.1 Å². The average molecular weight is 273 g/mol. The highest BCUT2D eigenvalue weighted by atomic mass is 16.5. The lowest BCUT2D eigenvalue weighted by atomic mass is 10.0. The predicted octanol–water partition coefficient (Wildman–Crippen LogP) is 3.38. The molecule has 1 fully saturated rings. The van der Waals surface area contributed by atoms with Crippen molar-refractivity contribution in [2.45, 2.75) is 45.6 Å². The Kier molecular flexibility index (Phi) is 4.83. The minimum atomic E-state index is 0.00604. The number of hydrogen-bond acceptors (Lipinski definition) is 2. The summed E-state index contributed by atoms with van der Waals surface area (Å²) in [5.74, 6) is 0.860. The molecule has 0 saturated heterocycles. The summed E-state index contributed by atoms with van der Waals surface area (Å²) >= 11 is 0. The third kappa shape index (κ3) is 3.62. The van der Waals surface area contributed by atoms with E-state index in [0.717, 1.165) is 35.3 Å². The monoisotopic (exact) mass is 273 g/mol. The molecule has 1 aliphatic rings. The molecule has 3 heteroatoms. The number of nitrogens with one attached hydrogen (secondary N) is 1. The van der Waals surface area contributed by atoms with Crippen molar-refractivity contribution in [3.63, 3.8) is 0 Å². The Labute approximate surface area is 121 Å². The van der Waals surface area contributed by atoms with Crippen LogP contribution in [0.3, 0.4) is 0 Å². The molecular weight excluding hydrogens is 250 g/mol. The molecule has 0 atom stereocenters. The molecule has 0 heterocycles. The highest BCUT2D eigenvalue weighted by molar-refractivity contribution is 5.92. The third-order valence-electron chi connectivity index (χ3n) is 3.91. The van der Waals surface area contributed by atoms with Gasteiger partial charge in [-0.2, -0.15) is 0 Å². The summed E-state index contributed by atoms with van der Waals surface area (Å²) in [5, 5.41) is 3.06. The van der Waals surface area contributed by atoms with Crippen LogP contribution in [-0.2, 0) is 4.79 Å². The fourth-order valence-electron chi connectivity index (χ4n) is 2.79. The van der Waals surface area contributed by atoms with Gasteiger partial charge in [0.15, 0.2) is 0 Å². The first-order valence-corrected chi connectivity index (χ1v) is 7.24. The van der Waals surface area contributed by atoms with Crippen molar-refractivity contribution in [2.75, 3.05) is 7.11 Å². The molecule has 0 aromatic heterocycles. The smallest absolute Gasteiger partial charge is 0.244 e. The lowest BCUT2D eigenvalue weighted by Crippen LogP contribution is -2.30. The molecule has 1 N–H and O–H groups in total. The van der Waals surface area contributed by atoms with E-state index in [1.165, 1.54) is 12.8 Å². The van der Waals surface area contributed by atoms with Crippen LogP contribution >= 0.6 is 0 Å². The van der Waals surface area contributed by atoms with Crippen molar-refractivity contribution < 1.29 is 9.53 Å². The lowest BCUT2D eigenvalue weighted by Gasteiger charge is -2.10. The van der Waals surface area contributed by atoms with Crippen LogP contribution in [0, 0.1) is 13.8 Å². The number of hydrogen-bond donors (Lipinski definition) is 1. The van der Waals surface area contributed by atoms with Crippen LogP contribution in [0.1, 0.15) is 42.4 Å². The number of ether oxygens (including phenoxy) is 1. The maximum Gasteiger partial charge on any atom is 0.244 e. The van der Waals surface area contributed by atoms with Gasteiger partial charge < -0.3 is 10.1 Å². The van der Waals surface area contributed by atoms with Gasteiger partial charge in [-0.3, -0.25) is 4.79 Å². The average Bonchev–Trinajstić information content (AvgIpc) is 2.90. The highest BCUT2D eigenvalue weighted by Gasteiger charge is 2.15. The van der Waals surface area contributed by atoms with Gasteiger partial charge in [-0.15, -0.1) is 0 Å². The number of carbonyl (C=O) groups is 1. The van der Waals surface area contributed by atoms with Crippen molar-refractivity contribution in [3.8, 4) is 5.75 Å². The number of rotatable bonds is 4. The second-order valence-corrected chi connectivity index (χ2v) is 5.50. The van der Waals surface area contributed by atoms with E-state index in [-0.39, 0.29) is 5.91 Å². The zero-order valence-corrected chi connectivity index (χ0v) is 12.5. The van der Waals surface area contributed by atoms with Gasteiger partial charge in [-0.25, -0.2) is 0 Å². The Bertz CT molecular complexity index is 491. The summed E-state index contributed by atoms with van der Waals surface area (Å²) in [4.78, 5) is 11.9. The van der Waals surface area contributed by atoms with Crippen molar-refractivity contribution >= 4 is 12.0 Å². The van der Waals surface area contributed by atoms with Gasteiger partial charge in [0.1, 0.15) is 5.75 Å². The Balaban J connectivity index is 2.05. The van der Waals surface area contributed by atoms with E-state index in [1.807, 2.05) is 32.1 Å². The molecule has 1 aromatic rings. The van der Waals surface area contributed by atoms with Crippen LogP contribution in [0.2, 0.25) is 0 Å². The maximum absolute atomic E-state index is 11.9. The van der Waals surface area contributed by atoms with Gasteiger partial charge in [-0.1, -0.05) is 12.8 Å². The molecule has 1 amide bonds. The second-order valence-electron chi connectivity index (χ2n) is 5.50. The molecule has 2 rings (SSSR count). The van der Waals surface area contributed by atoms with Crippen LogP contribution in [0.5, 0.6) is 5.75 Å². The van der Waals surface area contributed by atoms with Crippen molar-refractivity contribution in [2.24, 2.45) is 0 Å². The molecule has 0 radical (unpaired) electrons. The summed E-state index contributed by atoms with van der Waals surface area (Å²) in [6, 6.07) is 4.34. The number of benzene rings is 1. The molecule has 1 aliphatic carbocycles. The molecule has 0 aliphatic heterocycles. The largest absolute Gasteiger partial charge is 0.497 e. The highest BCUT2D eigenvalue weighted by Crippen LogP contribution is 2.23. The van der Waals surface area contributed by atoms with E-state index in [9.17, 15) is 4.79 Å².